The Morgan fingerprint density at radius 1 is 1.16 bits per heavy atom. The lowest BCUT2D eigenvalue weighted by atomic mass is 10.0. The smallest absolute Gasteiger partial charge is 0.307 e. The van der Waals surface area contributed by atoms with E-state index in [9.17, 15) is 4.79 Å². The molecule has 0 amide bonds. The number of aliphatic carboxylic acids is 1. The van der Waals surface area contributed by atoms with Crippen LogP contribution in [-0.2, 0) is 11.2 Å². The predicted octanol–water partition coefficient (Wildman–Crippen LogP) is 4.34. The van der Waals surface area contributed by atoms with Gasteiger partial charge in [0.25, 0.3) is 0 Å². The number of carbonyl (C=O) groups is 1. The van der Waals surface area contributed by atoms with Gasteiger partial charge < -0.3 is 5.11 Å². The molecule has 6 heteroatoms. The lowest BCUT2D eigenvalue weighted by molar-refractivity contribution is -0.136. The highest BCUT2D eigenvalue weighted by Crippen LogP contribution is 2.34. The Balaban J connectivity index is 2.54. The molecular weight excluding hydrogens is 309 g/mol. The van der Waals surface area contributed by atoms with E-state index in [0.717, 1.165) is 0 Å². The van der Waals surface area contributed by atoms with E-state index in [4.69, 9.17) is 39.9 Å². The van der Waals surface area contributed by atoms with Crippen LogP contribution in [0.15, 0.2) is 30.5 Å². The second kappa shape index (κ2) is 5.78. The average Bonchev–Trinajstić information content (AvgIpc) is 2.34. The van der Waals surface area contributed by atoms with Crippen molar-refractivity contribution in [2.75, 3.05) is 0 Å². The van der Waals surface area contributed by atoms with Crippen LogP contribution in [0.25, 0.3) is 11.1 Å². The van der Waals surface area contributed by atoms with E-state index in [-0.39, 0.29) is 11.6 Å². The molecule has 1 aromatic heterocycles. The molecule has 0 fully saturated rings. The number of rotatable bonds is 3. The van der Waals surface area contributed by atoms with Gasteiger partial charge in [-0.2, -0.15) is 0 Å². The third kappa shape index (κ3) is 3.38. The molecule has 0 aliphatic rings. The third-order valence-electron chi connectivity index (χ3n) is 2.47. The van der Waals surface area contributed by atoms with E-state index >= 15 is 0 Å². The minimum Gasteiger partial charge on any atom is -0.481 e. The molecule has 2 rings (SSSR count). The van der Waals surface area contributed by atoms with Gasteiger partial charge in [0.15, 0.2) is 0 Å². The van der Waals surface area contributed by atoms with Crippen LogP contribution in [-0.4, -0.2) is 16.1 Å². The summed E-state index contributed by atoms with van der Waals surface area (Å²) in [5, 5.41) is 10.0. The summed E-state index contributed by atoms with van der Waals surface area (Å²) in [7, 11) is 0. The summed E-state index contributed by atoms with van der Waals surface area (Å²) in [5.74, 6) is -0.938. The van der Waals surface area contributed by atoms with Crippen molar-refractivity contribution in [3.63, 3.8) is 0 Å². The van der Waals surface area contributed by atoms with Gasteiger partial charge >= 0.3 is 5.97 Å². The fourth-order valence-electron chi connectivity index (χ4n) is 1.66. The number of pyridine rings is 1. The van der Waals surface area contributed by atoms with E-state index in [2.05, 4.69) is 4.98 Å². The van der Waals surface area contributed by atoms with E-state index in [1.165, 1.54) is 6.20 Å². The largest absolute Gasteiger partial charge is 0.481 e. The van der Waals surface area contributed by atoms with E-state index in [0.29, 0.717) is 26.7 Å². The highest BCUT2D eigenvalue weighted by Gasteiger charge is 2.12. The SMILES string of the molecule is O=C(O)Cc1cnc(Cl)c(-c2cc(Cl)ccc2Cl)c1. The maximum Gasteiger partial charge on any atom is 0.307 e. The molecule has 0 bridgehead atoms. The number of carboxylic acid groups (broad SMARTS) is 1. The summed E-state index contributed by atoms with van der Waals surface area (Å²) in [6, 6.07) is 6.63. The van der Waals surface area contributed by atoms with Crippen molar-refractivity contribution in [2.45, 2.75) is 6.42 Å². The van der Waals surface area contributed by atoms with Gasteiger partial charge in [-0.1, -0.05) is 34.8 Å². The normalized spacial score (nSPS) is 10.5. The van der Waals surface area contributed by atoms with Crippen LogP contribution in [0.5, 0.6) is 0 Å². The zero-order chi connectivity index (χ0) is 14.0. The lowest BCUT2D eigenvalue weighted by Crippen LogP contribution is -2.01. The van der Waals surface area contributed by atoms with Gasteiger partial charge in [-0.15, -0.1) is 0 Å². The lowest BCUT2D eigenvalue weighted by Gasteiger charge is -2.08. The molecule has 1 aromatic carbocycles. The van der Waals surface area contributed by atoms with Crippen molar-refractivity contribution in [2.24, 2.45) is 0 Å². The molecular formula is C13H8Cl3NO2. The van der Waals surface area contributed by atoms with Gasteiger partial charge in [0.2, 0.25) is 0 Å². The first-order valence-electron chi connectivity index (χ1n) is 5.29. The van der Waals surface area contributed by atoms with E-state index in [1.54, 1.807) is 24.3 Å². The van der Waals surface area contributed by atoms with Crippen molar-refractivity contribution in [3.05, 3.63) is 51.2 Å². The van der Waals surface area contributed by atoms with Crippen molar-refractivity contribution >= 4 is 40.8 Å². The minimum absolute atomic E-state index is 0.130. The van der Waals surface area contributed by atoms with Crippen molar-refractivity contribution in [3.8, 4) is 11.1 Å². The van der Waals surface area contributed by atoms with Gasteiger partial charge in [-0.3, -0.25) is 4.79 Å². The summed E-state index contributed by atoms with van der Waals surface area (Å²) in [4.78, 5) is 14.7. The van der Waals surface area contributed by atoms with Gasteiger partial charge in [0.1, 0.15) is 5.15 Å². The van der Waals surface area contributed by atoms with Gasteiger partial charge in [0, 0.05) is 27.4 Å². The summed E-state index contributed by atoms with van der Waals surface area (Å²) >= 11 is 18.1. The highest BCUT2D eigenvalue weighted by atomic mass is 35.5. The quantitative estimate of drug-likeness (QED) is 0.857. The number of hydrogen-bond acceptors (Lipinski definition) is 2. The predicted molar refractivity (Wildman–Crippen MR) is 76.0 cm³/mol. The topological polar surface area (TPSA) is 50.2 Å². The monoisotopic (exact) mass is 315 g/mol. The summed E-state index contributed by atoms with van der Waals surface area (Å²) in [6.45, 7) is 0. The molecule has 1 N–H and O–H groups in total. The van der Waals surface area contributed by atoms with Gasteiger partial charge in [-0.05, 0) is 29.8 Å². The summed E-state index contributed by atoms with van der Waals surface area (Å²) in [6.07, 6.45) is 1.30. The first kappa shape index (κ1) is 14.1. The molecule has 0 saturated carbocycles. The van der Waals surface area contributed by atoms with Crippen molar-refractivity contribution < 1.29 is 9.90 Å². The van der Waals surface area contributed by atoms with Gasteiger partial charge in [-0.25, -0.2) is 4.98 Å². The van der Waals surface area contributed by atoms with Crippen LogP contribution < -0.4 is 0 Å². The molecule has 2 aromatic rings. The van der Waals surface area contributed by atoms with Crippen LogP contribution in [0, 0.1) is 0 Å². The second-order valence-corrected chi connectivity index (χ2v) is 5.08. The molecule has 0 aliphatic carbocycles. The highest BCUT2D eigenvalue weighted by molar-refractivity contribution is 6.37. The molecule has 0 atom stereocenters. The molecule has 0 radical (unpaired) electrons. The fraction of sp³-hybridized carbons (Fsp3) is 0.0769. The molecule has 3 nitrogen and oxygen atoms in total. The summed E-state index contributed by atoms with van der Waals surface area (Å²) < 4.78 is 0. The first-order valence-corrected chi connectivity index (χ1v) is 6.42. The molecule has 19 heavy (non-hydrogen) atoms. The first-order chi connectivity index (χ1) is 8.97. The number of halogens is 3. The second-order valence-electron chi connectivity index (χ2n) is 3.88. The van der Waals surface area contributed by atoms with Crippen molar-refractivity contribution in [1.82, 2.24) is 4.98 Å². The standard InChI is InChI=1S/C13H8Cl3NO2/c14-8-1-2-11(15)9(5-8)10-3-7(4-12(18)19)6-17-13(10)16/h1-3,5-6H,4H2,(H,18,19). The minimum atomic E-state index is -0.938. The van der Waals surface area contributed by atoms with Gasteiger partial charge in [0.05, 0.1) is 6.42 Å². The number of benzene rings is 1. The van der Waals surface area contributed by atoms with Crippen LogP contribution in [0.2, 0.25) is 15.2 Å². The molecule has 98 valence electrons. The number of carboxylic acids is 1. The van der Waals surface area contributed by atoms with E-state index < -0.39 is 5.97 Å². The Bertz CT molecular complexity index is 644. The Morgan fingerprint density at radius 2 is 1.89 bits per heavy atom. The summed E-state index contributed by atoms with van der Waals surface area (Å²) in [5.41, 5.74) is 1.73. The van der Waals surface area contributed by atoms with Crippen LogP contribution in [0.1, 0.15) is 5.56 Å². The molecule has 0 unspecified atom stereocenters. The maximum absolute atomic E-state index is 10.7. The zero-order valence-electron chi connectivity index (χ0n) is 9.53. The van der Waals surface area contributed by atoms with E-state index in [1.807, 2.05) is 0 Å². The average molecular weight is 317 g/mol. The Labute approximate surface area is 124 Å². The van der Waals surface area contributed by atoms with Crippen LogP contribution in [0.4, 0.5) is 0 Å². The number of aromatic nitrogens is 1. The molecule has 0 aliphatic heterocycles. The zero-order valence-corrected chi connectivity index (χ0v) is 11.8. The Morgan fingerprint density at radius 3 is 2.58 bits per heavy atom. The van der Waals surface area contributed by atoms with Crippen LogP contribution in [0.3, 0.4) is 0 Å². The van der Waals surface area contributed by atoms with Crippen molar-refractivity contribution in [1.29, 1.82) is 0 Å². The molecule has 0 saturated heterocycles. The number of hydrogen-bond donors (Lipinski definition) is 1. The molecule has 0 spiro atoms. The Hall–Kier alpha value is -1.29. The van der Waals surface area contributed by atoms with Crippen LogP contribution >= 0.6 is 34.8 Å². The fourth-order valence-corrected chi connectivity index (χ4v) is 2.25. The number of nitrogens with zero attached hydrogens (tertiary/aromatic N) is 1. The Kier molecular flexibility index (Phi) is 4.30. The third-order valence-corrected chi connectivity index (χ3v) is 3.34. The molecule has 1 heterocycles. The maximum atomic E-state index is 10.7.